The van der Waals surface area contributed by atoms with Crippen molar-refractivity contribution >= 4 is 27.3 Å². The average Bonchev–Trinajstić information content (AvgIpc) is 3.30. The lowest BCUT2D eigenvalue weighted by Crippen LogP contribution is -2.08. The molecule has 1 atom stereocenters. The van der Waals surface area contributed by atoms with Crippen molar-refractivity contribution in [1.29, 1.82) is 5.26 Å². The summed E-state index contributed by atoms with van der Waals surface area (Å²) in [5, 5.41) is 25.9. The molecule has 0 spiro atoms. The Morgan fingerprint density at radius 1 is 1.30 bits per heavy atom. The van der Waals surface area contributed by atoms with Crippen molar-refractivity contribution in [3.63, 3.8) is 0 Å². The van der Waals surface area contributed by atoms with Crippen LogP contribution in [0.25, 0.3) is 5.95 Å². The number of rotatable bonds is 6. The minimum atomic E-state index is -0.679. The van der Waals surface area contributed by atoms with E-state index in [2.05, 4.69) is 35.5 Å². The first-order valence-corrected chi connectivity index (χ1v) is 8.54. The maximum absolute atomic E-state index is 11.0. The van der Waals surface area contributed by atoms with Crippen molar-refractivity contribution in [1.82, 2.24) is 24.7 Å². The van der Waals surface area contributed by atoms with Gasteiger partial charge in [-0.15, -0.1) is 10.2 Å². The van der Waals surface area contributed by atoms with Gasteiger partial charge in [0.05, 0.1) is 6.20 Å². The number of aromatic nitrogens is 5. The fourth-order valence-electron chi connectivity index (χ4n) is 2.05. The van der Waals surface area contributed by atoms with Gasteiger partial charge in [-0.05, 0) is 13.0 Å². The van der Waals surface area contributed by atoms with Crippen LogP contribution in [0.2, 0.25) is 0 Å². The summed E-state index contributed by atoms with van der Waals surface area (Å²) in [6.45, 7) is 1.63. The van der Waals surface area contributed by atoms with E-state index in [1.165, 1.54) is 22.2 Å². The van der Waals surface area contributed by atoms with Crippen molar-refractivity contribution in [3.05, 3.63) is 40.8 Å². The Labute approximate surface area is 158 Å². The van der Waals surface area contributed by atoms with Crippen LogP contribution in [0.3, 0.4) is 0 Å². The first-order valence-electron chi connectivity index (χ1n) is 7.73. The molecule has 0 aliphatic carbocycles. The van der Waals surface area contributed by atoms with Crippen molar-refractivity contribution in [2.45, 2.75) is 13.0 Å². The zero-order valence-corrected chi connectivity index (χ0v) is 15.5. The lowest BCUT2D eigenvalue weighted by Gasteiger charge is -2.05. The molecule has 0 aromatic carbocycles. The number of anilines is 1. The van der Waals surface area contributed by atoms with Gasteiger partial charge in [0.15, 0.2) is 16.0 Å². The summed E-state index contributed by atoms with van der Waals surface area (Å²) in [5.74, 6) is 0.440. The molecule has 0 saturated carbocycles. The third-order valence-corrected chi connectivity index (χ3v) is 4.52. The molecule has 0 saturated heterocycles. The summed E-state index contributed by atoms with van der Waals surface area (Å²) >= 11 is 1.26. The van der Waals surface area contributed by atoms with Gasteiger partial charge in [0.1, 0.15) is 23.4 Å². The van der Waals surface area contributed by atoms with E-state index in [0.717, 1.165) is 0 Å². The molecule has 3 aromatic heterocycles. The van der Waals surface area contributed by atoms with Crippen molar-refractivity contribution in [2.24, 2.45) is 15.4 Å². The van der Waals surface area contributed by atoms with Crippen LogP contribution >= 0.6 is 11.3 Å². The molecule has 136 valence electrons. The lowest BCUT2D eigenvalue weighted by atomic mass is 10.3. The van der Waals surface area contributed by atoms with Crippen molar-refractivity contribution < 1.29 is 0 Å². The van der Waals surface area contributed by atoms with E-state index in [9.17, 15) is 10.2 Å². The predicted molar refractivity (Wildman–Crippen MR) is 98.7 cm³/mol. The van der Waals surface area contributed by atoms with Crippen LogP contribution in [-0.2, 0) is 0 Å². The third kappa shape index (κ3) is 3.67. The second kappa shape index (κ2) is 7.75. The standard InChI is InChI=1S/C15H14N10OS/c1-9(23-26)11-13(27-15(20-11)24(2)3)22-21-12-10(7-16)8-19-25(12)14-17-5-4-6-18-14/h4-6,8-9H,1-3H3/b22-21+. The highest BCUT2D eigenvalue weighted by Crippen LogP contribution is 2.38. The second-order valence-corrected chi connectivity index (χ2v) is 6.47. The molecule has 1 unspecified atom stereocenters. The monoisotopic (exact) mass is 382 g/mol. The van der Waals surface area contributed by atoms with E-state index in [-0.39, 0.29) is 17.3 Å². The average molecular weight is 382 g/mol. The van der Waals surface area contributed by atoms with E-state index in [0.29, 0.717) is 15.8 Å². The minimum Gasteiger partial charge on any atom is -0.354 e. The maximum atomic E-state index is 11.0. The Balaban J connectivity index is 2.06. The molecule has 0 aliphatic rings. The molecule has 27 heavy (non-hydrogen) atoms. The van der Waals surface area contributed by atoms with Gasteiger partial charge >= 0.3 is 0 Å². The highest BCUT2D eigenvalue weighted by molar-refractivity contribution is 7.19. The summed E-state index contributed by atoms with van der Waals surface area (Å²) in [4.78, 5) is 25.4. The summed E-state index contributed by atoms with van der Waals surface area (Å²) in [5.41, 5.74) is 0.634. The fraction of sp³-hybridized carbons (Fsp3) is 0.267. The molecule has 3 heterocycles. The van der Waals surface area contributed by atoms with Gasteiger partial charge in [0, 0.05) is 26.5 Å². The molecule has 0 radical (unpaired) electrons. The Kier molecular flexibility index (Phi) is 5.23. The topological polar surface area (TPSA) is 138 Å². The van der Waals surface area contributed by atoms with Crippen LogP contribution < -0.4 is 4.90 Å². The molecule has 12 heteroatoms. The van der Waals surface area contributed by atoms with Crippen LogP contribution in [0.15, 0.2) is 40.1 Å². The predicted octanol–water partition coefficient (Wildman–Crippen LogP) is 3.30. The Bertz CT molecular complexity index is 1020. The van der Waals surface area contributed by atoms with Crippen LogP contribution in [0, 0.1) is 16.2 Å². The van der Waals surface area contributed by atoms with E-state index in [1.54, 1.807) is 30.3 Å². The molecule has 0 aliphatic heterocycles. The summed E-state index contributed by atoms with van der Waals surface area (Å²) in [6, 6.07) is 3.00. The first-order chi connectivity index (χ1) is 13.0. The number of hydrogen-bond donors (Lipinski definition) is 0. The summed E-state index contributed by atoms with van der Waals surface area (Å²) in [7, 11) is 3.66. The molecule has 0 N–H and O–H groups in total. The van der Waals surface area contributed by atoms with Crippen LogP contribution in [0.1, 0.15) is 24.2 Å². The SMILES string of the molecule is CC(N=O)c1nc(N(C)C)sc1/N=N/c1c(C#N)cnn1-c1ncccn1. The van der Waals surface area contributed by atoms with Crippen LogP contribution in [0.4, 0.5) is 16.0 Å². The third-order valence-electron chi connectivity index (χ3n) is 3.40. The van der Waals surface area contributed by atoms with Gasteiger partial charge in [0.2, 0.25) is 0 Å². The normalized spacial score (nSPS) is 12.1. The smallest absolute Gasteiger partial charge is 0.252 e. The highest BCUT2D eigenvalue weighted by Gasteiger charge is 2.20. The van der Waals surface area contributed by atoms with Gasteiger partial charge < -0.3 is 4.90 Å². The van der Waals surface area contributed by atoms with Crippen molar-refractivity contribution in [2.75, 3.05) is 19.0 Å². The van der Waals surface area contributed by atoms with Gasteiger partial charge in [-0.3, -0.25) is 0 Å². The number of thiazole rings is 1. The molecule has 0 amide bonds. The second-order valence-electron chi connectivity index (χ2n) is 5.52. The number of azo groups is 1. The molecule has 11 nitrogen and oxygen atoms in total. The zero-order chi connectivity index (χ0) is 19.4. The molecule has 3 rings (SSSR count). The molecular formula is C15H14N10OS. The molecular weight excluding hydrogens is 368 g/mol. The van der Waals surface area contributed by atoms with E-state index in [4.69, 9.17) is 0 Å². The molecule has 0 bridgehead atoms. The zero-order valence-electron chi connectivity index (χ0n) is 14.7. The molecule has 3 aromatic rings. The van der Waals surface area contributed by atoms with Gasteiger partial charge in [-0.1, -0.05) is 16.5 Å². The van der Waals surface area contributed by atoms with Crippen LogP contribution in [0.5, 0.6) is 0 Å². The minimum absolute atomic E-state index is 0.182. The fourth-order valence-corrected chi connectivity index (χ4v) is 2.96. The Hall–Kier alpha value is -3.59. The Morgan fingerprint density at radius 2 is 2.04 bits per heavy atom. The van der Waals surface area contributed by atoms with E-state index >= 15 is 0 Å². The first kappa shape index (κ1) is 18.2. The highest BCUT2D eigenvalue weighted by atomic mass is 32.1. The summed E-state index contributed by atoms with van der Waals surface area (Å²) in [6.07, 6.45) is 4.47. The lowest BCUT2D eigenvalue weighted by molar-refractivity contribution is 0.779. The number of nitrogens with zero attached hydrogens (tertiary/aromatic N) is 10. The van der Waals surface area contributed by atoms with E-state index < -0.39 is 6.04 Å². The summed E-state index contributed by atoms with van der Waals surface area (Å²) < 4.78 is 1.32. The van der Waals surface area contributed by atoms with Gasteiger partial charge in [-0.25, -0.2) is 15.0 Å². The molecule has 0 fully saturated rings. The largest absolute Gasteiger partial charge is 0.354 e. The number of hydrogen-bond acceptors (Lipinski definition) is 11. The quantitative estimate of drug-likeness (QED) is 0.471. The van der Waals surface area contributed by atoms with Crippen molar-refractivity contribution in [3.8, 4) is 12.0 Å². The Morgan fingerprint density at radius 3 is 2.67 bits per heavy atom. The van der Waals surface area contributed by atoms with Gasteiger partial charge in [-0.2, -0.15) is 19.9 Å². The van der Waals surface area contributed by atoms with Gasteiger partial charge in [0.25, 0.3) is 5.95 Å². The maximum Gasteiger partial charge on any atom is 0.252 e. The van der Waals surface area contributed by atoms with Crippen LogP contribution in [-0.4, -0.2) is 38.8 Å². The number of nitriles is 1. The van der Waals surface area contributed by atoms with E-state index in [1.807, 2.05) is 20.2 Å². The number of nitroso groups, excluding NO2 is 1.